The highest BCUT2D eigenvalue weighted by molar-refractivity contribution is 7.93. The number of benzene rings is 1. The molecular weight excluding hydrogens is 266 g/mol. The summed E-state index contributed by atoms with van der Waals surface area (Å²) in [6.07, 6.45) is 1.37. The minimum Gasteiger partial charge on any atom is -0.280 e. The van der Waals surface area contributed by atoms with Gasteiger partial charge < -0.3 is 0 Å². The van der Waals surface area contributed by atoms with Gasteiger partial charge in [-0.05, 0) is 22.6 Å². The Morgan fingerprint density at radius 3 is 2.76 bits per heavy atom. The quantitative estimate of drug-likeness (QED) is 0.824. The molecule has 0 fully saturated rings. The summed E-state index contributed by atoms with van der Waals surface area (Å²) in [4.78, 5) is 0. The van der Waals surface area contributed by atoms with E-state index in [0.717, 1.165) is 0 Å². The van der Waals surface area contributed by atoms with E-state index in [0.29, 0.717) is 11.4 Å². The first-order valence-electron chi connectivity index (χ1n) is 4.51. The molecule has 9 heteroatoms. The second-order valence-corrected chi connectivity index (χ2v) is 5.40. The summed E-state index contributed by atoms with van der Waals surface area (Å²) in [5.74, 6) is 0. The van der Waals surface area contributed by atoms with Crippen LogP contribution < -0.4 is 4.72 Å². The van der Waals surface area contributed by atoms with Crippen molar-refractivity contribution >= 4 is 27.3 Å². The summed E-state index contributed by atoms with van der Waals surface area (Å²) in [6, 6.07) is 6.72. The third-order valence-electron chi connectivity index (χ3n) is 1.91. The van der Waals surface area contributed by atoms with Crippen LogP contribution in [0.15, 0.2) is 30.6 Å². The number of rotatable bonds is 4. The van der Waals surface area contributed by atoms with Crippen molar-refractivity contribution in [3.05, 3.63) is 30.6 Å². The van der Waals surface area contributed by atoms with Gasteiger partial charge in [0, 0.05) is 0 Å². The SMILES string of the molecule is O=S(=O)(CCl)Nc1ccccc1-n1cnnn1. The smallest absolute Gasteiger partial charge is 0.246 e. The number of para-hydroxylation sites is 2. The van der Waals surface area contributed by atoms with Crippen molar-refractivity contribution in [1.29, 1.82) is 0 Å². The molecule has 0 spiro atoms. The summed E-state index contributed by atoms with van der Waals surface area (Å²) >= 11 is 5.32. The Kier molecular flexibility index (Phi) is 3.25. The monoisotopic (exact) mass is 273 g/mol. The molecule has 2 aromatic rings. The van der Waals surface area contributed by atoms with E-state index in [4.69, 9.17) is 11.6 Å². The number of hydrogen-bond donors (Lipinski definition) is 1. The lowest BCUT2D eigenvalue weighted by Crippen LogP contribution is -2.15. The molecule has 1 aromatic carbocycles. The molecule has 0 aliphatic carbocycles. The van der Waals surface area contributed by atoms with Gasteiger partial charge in [-0.3, -0.25) is 4.72 Å². The lowest BCUT2D eigenvalue weighted by atomic mass is 10.3. The van der Waals surface area contributed by atoms with Gasteiger partial charge in [0.05, 0.1) is 11.4 Å². The Bertz CT molecular complexity index is 598. The third kappa shape index (κ3) is 2.71. The highest BCUT2D eigenvalue weighted by Gasteiger charge is 2.12. The zero-order valence-corrected chi connectivity index (χ0v) is 10.1. The van der Waals surface area contributed by atoms with E-state index in [1.54, 1.807) is 24.3 Å². The van der Waals surface area contributed by atoms with E-state index >= 15 is 0 Å². The highest BCUT2D eigenvalue weighted by Crippen LogP contribution is 2.19. The molecule has 0 aliphatic rings. The molecule has 0 amide bonds. The van der Waals surface area contributed by atoms with Crippen LogP contribution in [0.3, 0.4) is 0 Å². The second kappa shape index (κ2) is 4.68. The molecule has 0 bridgehead atoms. The zero-order valence-electron chi connectivity index (χ0n) is 8.49. The summed E-state index contributed by atoms with van der Waals surface area (Å²) in [6.45, 7) is 0. The summed E-state index contributed by atoms with van der Waals surface area (Å²) in [7, 11) is -3.55. The van der Waals surface area contributed by atoms with Crippen LogP contribution in [-0.2, 0) is 10.0 Å². The summed E-state index contributed by atoms with van der Waals surface area (Å²) < 4.78 is 26.5. The van der Waals surface area contributed by atoms with Gasteiger partial charge in [0.25, 0.3) is 0 Å². The molecule has 1 N–H and O–H groups in total. The van der Waals surface area contributed by atoms with Gasteiger partial charge in [0.1, 0.15) is 11.5 Å². The van der Waals surface area contributed by atoms with Crippen LogP contribution in [0, 0.1) is 0 Å². The molecule has 0 saturated heterocycles. The van der Waals surface area contributed by atoms with Gasteiger partial charge in [0.15, 0.2) is 0 Å². The van der Waals surface area contributed by atoms with Crippen LogP contribution in [0.2, 0.25) is 0 Å². The van der Waals surface area contributed by atoms with Crippen molar-refractivity contribution in [2.75, 3.05) is 9.93 Å². The van der Waals surface area contributed by atoms with Crippen molar-refractivity contribution in [2.24, 2.45) is 0 Å². The Labute approximate surface area is 102 Å². The van der Waals surface area contributed by atoms with Crippen molar-refractivity contribution in [2.45, 2.75) is 0 Å². The first-order chi connectivity index (χ1) is 8.12. The van der Waals surface area contributed by atoms with E-state index in [1.807, 2.05) is 0 Å². The standard InChI is InChI=1S/C8H8ClN5O2S/c9-5-17(15,16)11-7-3-1-2-4-8(7)14-6-10-12-13-14/h1-4,6,11H,5H2. The number of halogens is 1. The molecule has 2 rings (SSSR count). The maximum absolute atomic E-state index is 11.4. The average Bonchev–Trinajstić information content (AvgIpc) is 2.83. The fourth-order valence-corrected chi connectivity index (χ4v) is 1.95. The summed E-state index contributed by atoms with van der Waals surface area (Å²) in [5.41, 5.74) is 0.881. The number of sulfonamides is 1. The molecule has 90 valence electrons. The Morgan fingerprint density at radius 1 is 1.35 bits per heavy atom. The fourth-order valence-electron chi connectivity index (χ4n) is 1.23. The Hall–Kier alpha value is -1.67. The predicted octanol–water partition coefficient (Wildman–Crippen LogP) is 0.600. The minimum atomic E-state index is -3.55. The fraction of sp³-hybridized carbons (Fsp3) is 0.125. The lowest BCUT2D eigenvalue weighted by molar-refractivity contribution is 0.605. The first-order valence-corrected chi connectivity index (χ1v) is 6.70. The number of nitrogens with zero attached hydrogens (tertiary/aromatic N) is 4. The van der Waals surface area contributed by atoms with Gasteiger partial charge in [-0.1, -0.05) is 12.1 Å². The van der Waals surface area contributed by atoms with Gasteiger partial charge in [0.2, 0.25) is 10.0 Å². The third-order valence-corrected chi connectivity index (χ3v) is 3.59. The lowest BCUT2D eigenvalue weighted by Gasteiger charge is -2.09. The molecule has 0 atom stereocenters. The van der Waals surface area contributed by atoms with E-state index in [-0.39, 0.29) is 0 Å². The molecule has 17 heavy (non-hydrogen) atoms. The molecule has 1 heterocycles. The largest absolute Gasteiger partial charge is 0.280 e. The Balaban J connectivity index is 2.42. The molecular formula is C8H8ClN5O2S. The van der Waals surface area contributed by atoms with Gasteiger partial charge in [-0.25, -0.2) is 8.42 Å². The van der Waals surface area contributed by atoms with E-state index in [2.05, 4.69) is 20.2 Å². The van der Waals surface area contributed by atoms with Crippen molar-refractivity contribution < 1.29 is 8.42 Å². The van der Waals surface area contributed by atoms with Crippen LogP contribution >= 0.6 is 11.6 Å². The number of aromatic nitrogens is 4. The number of nitrogens with one attached hydrogen (secondary N) is 1. The topological polar surface area (TPSA) is 89.8 Å². The molecule has 0 aliphatic heterocycles. The van der Waals surface area contributed by atoms with Crippen LogP contribution in [0.25, 0.3) is 5.69 Å². The average molecular weight is 274 g/mol. The molecule has 0 radical (unpaired) electrons. The minimum absolute atomic E-state index is 0.362. The van der Waals surface area contributed by atoms with Gasteiger partial charge in [-0.2, -0.15) is 4.68 Å². The molecule has 1 aromatic heterocycles. The van der Waals surface area contributed by atoms with Crippen LogP contribution in [0.1, 0.15) is 0 Å². The number of alkyl halides is 1. The first kappa shape index (κ1) is 11.8. The number of hydrogen-bond acceptors (Lipinski definition) is 5. The van der Waals surface area contributed by atoms with Crippen molar-refractivity contribution in [1.82, 2.24) is 20.2 Å². The molecule has 0 saturated carbocycles. The normalized spacial score (nSPS) is 11.4. The Morgan fingerprint density at radius 2 is 2.12 bits per heavy atom. The predicted molar refractivity (Wildman–Crippen MR) is 62.4 cm³/mol. The van der Waals surface area contributed by atoms with Gasteiger partial charge in [-0.15, -0.1) is 16.7 Å². The van der Waals surface area contributed by atoms with Crippen LogP contribution in [-0.4, -0.2) is 33.8 Å². The van der Waals surface area contributed by atoms with Crippen molar-refractivity contribution in [3.8, 4) is 5.69 Å². The maximum atomic E-state index is 11.4. The number of anilines is 1. The highest BCUT2D eigenvalue weighted by atomic mass is 35.5. The number of tetrazole rings is 1. The van der Waals surface area contributed by atoms with E-state index < -0.39 is 15.2 Å². The van der Waals surface area contributed by atoms with E-state index in [1.165, 1.54) is 11.0 Å². The zero-order chi connectivity index (χ0) is 12.3. The molecule has 7 nitrogen and oxygen atoms in total. The van der Waals surface area contributed by atoms with Crippen molar-refractivity contribution in [3.63, 3.8) is 0 Å². The van der Waals surface area contributed by atoms with Crippen LogP contribution in [0.4, 0.5) is 5.69 Å². The van der Waals surface area contributed by atoms with Gasteiger partial charge >= 0.3 is 0 Å². The van der Waals surface area contributed by atoms with Crippen LogP contribution in [0.5, 0.6) is 0 Å². The summed E-state index contributed by atoms with van der Waals surface area (Å²) in [5, 5.41) is 10.1. The second-order valence-electron chi connectivity index (χ2n) is 3.10. The molecule has 0 unspecified atom stereocenters. The van der Waals surface area contributed by atoms with E-state index in [9.17, 15) is 8.42 Å². The maximum Gasteiger partial charge on any atom is 0.246 e.